The van der Waals surface area contributed by atoms with Crippen LogP contribution in [0.5, 0.6) is 0 Å². The van der Waals surface area contributed by atoms with E-state index in [0.29, 0.717) is 17.6 Å². The van der Waals surface area contributed by atoms with E-state index in [-0.39, 0.29) is 0 Å². The number of hydrogen-bond acceptors (Lipinski definition) is 4. The van der Waals surface area contributed by atoms with Gasteiger partial charge in [0.15, 0.2) is 11.5 Å². The summed E-state index contributed by atoms with van der Waals surface area (Å²) in [7, 11) is 0. The third-order valence-electron chi connectivity index (χ3n) is 2.68. The van der Waals surface area contributed by atoms with Gasteiger partial charge >= 0.3 is 0 Å². The average molecular weight is 232 g/mol. The van der Waals surface area contributed by atoms with E-state index in [4.69, 9.17) is 5.26 Å². The zero-order chi connectivity index (χ0) is 12.7. The van der Waals surface area contributed by atoms with Crippen LogP contribution in [0.4, 0.5) is 5.82 Å². The number of nitriles is 1. The Bertz CT molecular complexity index is 381. The van der Waals surface area contributed by atoms with E-state index in [2.05, 4.69) is 41.7 Å². The summed E-state index contributed by atoms with van der Waals surface area (Å²) in [4.78, 5) is 10.5. The van der Waals surface area contributed by atoms with Crippen molar-refractivity contribution in [1.29, 1.82) is 5.26 Å². The second kappa shape index (κ2) is 6.85. The molecule has 0 aliphatic rings. The van der Waals surface area contributed by atoms with Crippen molar-refractivity contribution in [2.75, 3.05) is 11.4 Å². The van der Waals surface area contributed by atoms with Crippen molar-refractivity contribution in [1.82, 2.24) is 9.97 Å². The fourth-order valence-corrected chi connectivity index (χ4v) is 1.76. The molecule has 0 N–H and O–H groups in total. The van der Waals surface area contributed by atoms with Gasteiger partial charge in [0.25, 0.3) is 0 Å². The number of aromatic nitrogens is 2. The minimum atomic E-state index is 0.329. The maximum atomic E-state index is 9.04. The number of hydrogen-bond donors (Lipinski definition) is 0. The predicted octanol–water partition coefficient (Wildman–Crippen LogP) is 2.75. The first-order chi connectivity index (χ1) is 8.20. The van der Waals surface area contributed by atoms with E-state index in [0.717, 1.165) is 13.0 Å². The molecule has 0 radical (unpaired) electrons. The Morgan fingerprint density at radius 3 is 2.59 bits per heavy atom. The molecule has 4 nitrogen and oxygen atoms in total. The van der Waals surface area contributed by atoms with E-state index < -0.39 is 0 Å². The monoisotopic (exact) mass is 232 g/mol. The Balaban J connectivity index is 2.86. The van der Waals surface area contributed by atoms with Crippen LogP contribution in [0.25, 0.3) is 0 Å². The van der Waals surface area contributed by atoms with Gasteiger partial charge in [-0.05, 0) is 20.3 Å². The van der Waals surface area contributed by atoms with E-state index in [1.165, 1.54) is 12.8 Å². The highest BCUT2D eigenvalue weighted by molar-refractivity contribution is 5.49. The highest BCUT2D eigenvalue weighted by Crippen LogP contribution is 2.17. The lowest BCUT2D eigenvalue weighted by molar-refractivity contribution is 0.618. The molecule has 1 aromatic rings. The minimum Gasteiger partial charge on any atom is -0.352 e. The number of anilines is 1. The molecule has 0 saturated heterocycles. The highest BCUT2D eigenvalue weighted by atomic mass is 15.2. The number of unbranched alkanes of at least 4 members (excludes halogenated alkanes) is 2. The van der Waals surface area contributed by atoms with Gasteiger partial charge in [0, 0.05) is 25.0 Å². The molecule has 17 heavy (non-hydrogen) atoms. The molecule has 0 atom stereocenters. The van der Waals surface area contributed by atoms with Crippen LogP contribution in [0.1, 0.15) is 45.7 Å². The SMILES string of the molecule is CCCCCN(c1nccnc1C#N)C(C)C. The summed E-state index contributed by atoms with van der Waals surface area (Å²) in [6.45, 7) is 7.34. The molecule has 1 heterocycles. The normalized spacial score (nSPS) is 10.3. The van der Waals surface area contributed by atoms with Gasteiger partial charge < -0.3 is 4.90 Å². The summed E-state index contributed by atoms with van der Waals surface area (Å²) in [5.41, 5.74) is 0.415. The maximum Gasteiger partial charge on any atom is 0.183 e. The topological polar surface area (TPSA) is 52.8 Å². The zero-order valence-corrected chi connectivity index (χ0v) is 10.8. The van der Waals surface area contributed by atoms with Crippen molar-refractivity contribution < 1.29 is 0 Å². The van der Waals surface area contributed by atoms with Gasteiger partial charge in [0.1, 0.15) is 6.07 Å². The second-order valence-corrected chi connectivity index (χ2v) is 4.33. The fourth-order valence-electron chi connectivity index (χ4n) is 1.76. The van der Waals surface area contributed by atoms with Gasteiger partial charge in [-0.25, -0.2) is 9.97 Å². The molecule has 0 bridgehead atoms. The van der Waals surface area contributed by atoms with E-state index in [1.807, 2.05) is 0 Å². The molecule has 0 aliphatic carbocycles. The summed E-state index contributed by atoms with van der Waals surface area (Å²) >= 11 is 0. The fraction of sp³-hybridized carbons (Fsp3) is 0.615. The van der Waals surface area contributed by atoms with Gasteiger partial charge in [-0.1, -0.05) is 19.8 Å². The Kier molecular flexibility index (Phi) is 5.41. The first-order valence-corrected chi connectivity index (χ1v) is 6.18. The highest BCUT2D eigenvalue weighted by Gasteiger charge is 2.15. The van der Waals surface area contributed by atoms with Gasteiger partial charge in [0.2, 0.25) is 0 Å². The maximum absolute atomic E-state index is 9.04. The van der Waals surface area contributed by atoms with Crippen LogP contribution in [0.3, 0.4) is 0 Å². The molecule has 0 fully saturated rings. The number of nitrogens with zero attached hydrogens (tertiary/aromatic N) is 4. The van der Waals surface area contributed by atoms with Crippen molar-refractivity contribution in [2.45, 2.75) is 46.1 Å². The molecular weight excluding hydrogens is 212 g/mol. The standard InChI is InChI=1S/C13H20N4/c1-4-5-6-9-17(11(2)3)13-12(10-14)15-7-8-16-13/h7-8,11H,4-6,9H2,1-3H3. The van der Waals surface area contributed by atoms with Crippen LogP contribution in [-0.2, 0) is 0 Å². The molecule has 92 valence electrons. The van der Waals surface area contributed by atoms with E-state index in [9.17, 15) is 0 Å². The van der Waals surface area contributed by atoms with Crippen molar-refractivity contribution in [3.05, 3.63) is 18.1 Å². The Morgan fingerprint density at radius 2 is 2.00 bits per heavy atom. The van der Waals surface area contributed by atoms with E-state index >= 15 is 0 Å². The summed E-state index contributed by atoms with van der Waals surface area (Å²) in [5, 5.41) is 9.04. The van der Waals surface area contributed by atoms with Crippen LogP contribution >= 0.6 is 0 Å². The summed E-state index contributed by atoms with van der Waals surface area (Å²) < 4.78 is 0. The van der Waals surface area contributed by atoms with Gasteiger partial charge in [0.05, 0.1) is 0 Å². The Labute approximate surface area is 103 Å². The molecule has 0 amide bonds. The third-order valence-corrected chi connectivity index (χ3v) is 2.68. The predicted molar refractivity (Wildman–Crippen MR) is 68.8 cm³/mol. The molecule has 0 aromatic carbocycles. The van der Waals surface area contributed by atoms with Crippen LogP contribution in [-0.4, -0.2) is 22.6 Å². The van der Waals surface area contributed by atoms with Crippen molar-refractivity contribution in [3.8, 4) is 6.07 Å². The molecule has 0 spiro atoms. The van der Waals surface area contributed by atoms with Gasteiger partial charge in [-0.2, -0.15) is 5.26 Å². The Morgan fingerprint density at radius 1 is 1.29 bits per heavy atom. The smallest absolute Gasteiger partial charge is 0.183 e. The lowest BCUT2D eigenvalue weighted by Crippen LogP contribution is -2.33. The summed E-state index contributed by atoms with van der Waals surface area (Å²) in [6.07, 6.45) is 6.72. The van der Waals surface area contributed by atoms with Crippen LogP contribution in [0, 0.1) is 11.3 Å². The quantitative estimate of drug-likeness (QED) is 0.708. The molecule has 0 aliphatic heterocycles. The first kappa shape index (κ1) is 13.4. The van der Waals surface area contributed by atoms with Crippen LogP contribution in [0.15, 0.2) is 12.4 Å². The Hall–Kier alpha value is -1.63. The van der Waals surface area contributed by atoms with Gasteiger partial charge in [-0.15, -0.1) is 0 Å². The van der Waals surface area contributed by atoms with Crippen LogP contribution in [0.2, 0.25) is 0 Å². The van der Waals surface area contributed by atoms with Crippen molar-refractivity contribution in [3.63, 3.8) is 0 Å². The van der Waals surface area contributed by atoms with Gasteiger partial charge in [-0.3, -0.25) is 0 Å². The van der Waals surface area contributed by atoms with E-state index in [1.54, 1.807) is 12.4 Å². The van der Waals surface area contributed by atoms with Crippen molar-refractivity contribution >= 4 is 5.82 Å². The molecule has 0 saturated carbocycles. The minimum absolute atomic E-state index is 0.329. The summed E-state index contributed by atoms with van der Waals surface area (Å²) in [5.74, 6) is 0.709. The molecular formula is C13H20N4. The number of rotatable bonds is 6. The zero-order valence-electron chi connectivity index (χ0n) is 10.8. The van der Waals surface area contributed by atoms with Crippen molar-refractivity contribution in [2.24, 2.45) is 0 Å². The molecule has 0 unspecified atom stereocenters. The van der Waals surface area contributed by atoms with Crippen LogP contribution < -0.4 is 4.90 Å². The molecule has 1 rings (SSSR count). The third kappa shape index (κ3) is 3.70. The largest absolute Gasteiger partial charge is 0.352 e. The molecule has 1 aromatic heterocycles. The molecule has 4 heteroatoms. The lowest BCUT2D eigenvalue weighted by atomic mass is 10.2. The summed E-state index contributed by atoms with van der Waals surface area (Å²) in [6, 6.07) is 2.44. The first-order valence-electron chi connectivity index (χ1n) is 6.18. The lowest BCUT2D eigenvalue weighted by Gasteiger charge is -2.28. The average Bonchev–Trinajstić information content (AvgIpc) is 2.34. The second-order valence-electron chi connectivity index (χ2n) is 4.33.